The standard InChI is InChI=1S/C17H16N4O3/c1-23-15-9-19-10-16(20-15)24-14-5-6-21(11-14)17(22)13-4-2-3-12(7-13)8-18/h2-4,7,9-10,14H,5-6,11H2,1H3. The first kappa shape index (κ1) is 15.7. The van der Waals surface area contributed by atoms with E-state index in [1.54, 1.807) is 29.2 Å². The quantitative estimate of drug-likeness (QED) is 0.849. The number of hydrogen-bond donors (Lipinski definition) is 0. The number of likely N-dealkylation sites (tertiary alicyclic amines) is 1. The lowest BCUT2D eigenvalue weighted by Crippen LogP contribution is -2.31. The third kappa shape index (κ3) is 3.43. The second kappa shape index (κ2) is 6.96. The molecular formula is C17H16N4O3. The molecule has 2 heterocycles. The Bertz CT molecular complexity index is 787. The van der Waals surface area contributed by atoms with Gasteiger partial charge >= 0.3 is 0 Å². The van der Waals surface area contributed by atoms with E-state index in [9.17, 15) is 4.79 Å². The highest BCUT2D eigenvalue weighted by molar-refractivity contribution is 5.94. The molecule has 122 valence electrons. The van der Waals surface area contributed by atoms with Gasteiger partial charge in [-0.2, -0.15) is 10.2 Å². The highest BCUT2D eigenvalue weighted by Gasteiger charge is 2.28. The van der Waals surface area contributed by atoms with Crippen molar-refractivity contribution in [2.24, 2.45) is 0 Å². The van der Waals surface area contributed by atoms with Crippen molar-refractivity contribution in [1.29, 1.82) is 5.26 Å². The molecule has 1 amide bonds. The smallest absolute Gasteiger partial charge is 0.254 e. The number of rotatable bonds is 4. The predicted molar refractivity (Wildman–Crippen MR) is 84.7 cm³/mol. The zero-order valence-electron chi connectivity index (χ0n) is 13.2. The lowest BCUT2D eigenvalue weighted by atomic mass is 10.1. The minimum absolute atomic E-state index is 0.102. The van der Waals surface area contributed by atoms with Crippen molar-refractivity contribution in [3.63, 3.8) is 0 Å². The Balaban J connectivity index is 1.64. The average Bonchev–Trinajstić information content (AvgIpc) is 3.09. The number of carbonyl (C=O) groups is 1. The fourth-order valence-corrected chi connectivity index (χ4v) is 2.57. The predicted octanol–water partition coefficient (Wildman–Crippen LogP) is 1.65. The molecule has 0 bridgehead atoms. The van der Waals surface area contributed by atoms with E-state index in [0.29, 0.717) is 42.4 Å². The zero-order chi connectivity index (χ0) is 16.9. The van der Waals surface area contributed by atoms with Gasteiger partial charge in [-0.05, 0) is 18.2 Å². The topological polar surface area (TPSA) is 88.3 Å². The number of nitrogens with zero attached hydrogens (tertiary/aromatic N) is 4. The number of ether oxygens (including phenoxy) is 2. The SMILES string of the molecule is COc1cncc(OC2CCN(C(=O)c3cccc(C#N)c3)C2)n1. The van der Waals surface area contributed by atoms with E-state index < -0.39 is 0 Å². The van der Waals surface area contributed by atoms with Crippen LogP contribution in [-0.2, 0) is 0 Å². The van der Waals surface area contributed by atoms with Gasteiger partial charge in [0.15, 0.2) is 0 Å². The lowest BCUT2D eigenvalue weighted by Gasteiger charge is -2.17. The number of methoxy groups -OCH3 is 1. The molecule has 0 aliphatic carbocycles. The van der Waals surface area contributed by atoms with Crippen LogP contribution in [0.1, 0.15) is 22.3 Å². The summed E-state index contributed by atoms with van der Waals surface area (Å²) < 4.78 is 10.8. The third-order valence-electron chi connectivity index (χ3n) is 3.76. The number of nitriles is 1. The van der Waals surface area contributed by atoms with E-state index in [0.717, 1.165) is 0 Å². The van der Waals surface area contributed by atoms with Gasteiger partial charge in [0, 0.05) is 18.5 Å². The van der Waals surface area contributed by atoms with Crippen molar-refractivity contribution in [1.82, 2.24) is 14.9 Å². The van der Waals surface area contributed by atoms with Gasteiger partial charge in [0.2, 0.25) is 11.8 Å². The minimum Gasteiger partial charge on any atom is -0.480 e. The van der Waals surface area contributed by atoms with E-state index in [1.807, 2.05) is 6.07 Å². The first-order chi connectivity index (χ1) is 11.7. The highest BCUT2D eigenvalue weighted by atomic mass is 16.5. The summed E-state index contributed by atoms with van der Waals surface area (Å²) in [4.78, 5) is 22.4. The van der Waals surface area contributed by atoms with Gasteiger partial charge in [-0.15, -0.1) is 0 Å². The van der Waals surface area contributed by atoms with E-state index in [1.165, 1.54) is 19.5 Å². The summed E-state index contributed by atoms with van der Waals surface area (Å²) in [6, 6.07) is 8.74. The number of aromatic nitrogens is 2. The molecule has 7 nitrogen and oxygen atoms in total. The Morgan fingerprint density at radius 2 is 2.21 bits per heavy atom. The van der Waals surface area contributed by atoms with Gasteiger partial charge in [0.25, 0.3) is 5.91 Å². The maximum atomic E-state index is 12.5. The molecule has 1 aromatic carbocycles. The molecular weight excluding hydrogens is 308 g/mol. The average molecular weight is 324 g/mol. The van der Waals surface area contributed by atoms with Crippen molar-refractivity contribution in [3.8, 4) is 17.8 Å². The van der Waals surface area contributed by atoms with Crippen LogP contribution in [-0.4, -0.2) is 47.1 Å². The fraction of sp³-hybridized carbons (Fsp3) is 0.294. The molecule has 1 aromatic heterocycles. The molecule has 0 N–H and O–H groups in total. The second-order valence-corrected chi connectivity index (χ2v) is 5.37. The Kier molecular flexibility index (Phi) is 4.57. The summed E-state index contributed by atoms with van der Waals surface area (Å²) in [5, 5.41) is 8.94. The van der Waals surface area contributed by atoms with Crippen LogP contribution in [0.15, 0.2) is 36.7 Å². The van der Waals surface area contributed by atoms with Crippen molar-refractivity contribution < 1.29 is 14.3 Å². The van der Waals surface area contributed by atoms with Crippen molar-refractivity contribution >= 4 is 5.91 Å². The van der Waals surface area contributed by atoms with Crippen LogP contribution < -0.4 is 9.47 Å². The summed E-state index contributed by atoms with van der Waals surface area (Å²) in [5.74, 6) is 0.654. The molecule has 1 unspecified atom stereocenters. The summed E-state index contributed by atoms with van der Waals surface area (Å²) in [6.07, 6.45) is 3.58. The van der Waals surface area contributed by atoms with Crippen molar-refractivity contribution in [2.75, 3.05) is 20.2 Å². The van der Waals surface area contributed by atoms with E-state index in [-0.39, 0.29) is 12.0 Å². The molecule has 1 saturated heterocycles. The molecule has 0 saturated carbocycles. The van der Waals surface area contributed by atoms with E-state index in [2.05, 4.69) is 9.97 Å². The summed E-state index contributed by atoms with van der Waals surface area (Å²) >= 11 is 0. The first-order valence-corrected chi connectivity index (χ1v) is 7.51. The largest absolute Gasteiger partial charge is 0.480 e. The van der Waals surface area contributed by atoms with Crippen LogP contribution in [0, 0.1) is 11.3 Å². The van der Waals surface area contributed by atoms with Gasteiger partial charge in [-0.1, -0.05) is 6.07 Å². The van der Waals surface area contributed by atoms with Crippen LogP contribution in [0.3, 0.4) is 0 Å². The van der Waals surface area contributed by atoms with Crippen LogP contribution >= 0.6 is 0 Å². The summed E-state index contributed by atoms with van der Waals surface area (Å²) in [7, 11) is 1.51. The van der Waals surface area contributed by atoms with Gasteiger partial charge in [-0.3, -0.25) is 9.78 Å². The van der Waals surface area contributed by atoms with Crippen LogP contribution in [0.4, 0.5) is 0 Å². The van der Waals surface area contributed by atoms with Gasteiger partial charge in [-0.25, -0.2) is 0 Å². The molecule has 0 radical (unpaired) electrons. The molecule has 2 aromatic rings. The second-order valence-electron chi connectivity index (χ2n) is 5.37. The molecule has 1 aliphatic rings. The normalized spacial score (nSPS) is 16.5. The lowest BCUT2D eigenvalue weighted by molar-refractivity contribution is 0.0771. The number of carbonyl (C=O) groups excluding carboxylic acids is 1. The van der Waals surface area contributed by atoms with E-state index in [4.69, 9.17) is 14.7 Å². The van der Waals surface area contributed by atoms with Crippen LogP contribution in [0.2, 0.25) is 0 Å². The Morgan fingerprint density at radius 3 is 3.00 bits per heavy atom. The van der Waals surface area contributed by atoms with Gasteiger partial charge in [0.05, 0.1) is 37.7 Å². The molecule has 24 heavy (non-hydrogen) atoms. The molecule has 0 spiro atoms. The maximum Gasteiger partial charge on any atom is 0.254 e. The third-order valence-corrected chi connectivity index (χ3v) is 3.76. The van der Waals surface area contributed by atoms with Crippen molar-refractivity contribution in [2.45, 2.75) is 12.5 Å². The fourth-order valence-electron chi connectivity index (χ4n) is 2.57. The zero-order valence-corrected chi connectivity index (χ0v) is 13.2. The van der Waals surface area contributed by atoms with Crippen LogP contribution in [0.5, 0.6) is 11.8 Å². The van der Waals surface area contributed by atoms with Crippen LogP contribution in [0.25, 0.3) is 0 Å². The van der Waals surface area contributed by atoms with Gasteiger partial charge < -0.3 is 14.4 Å². The Morgan fingerprint density at radius 1 is 1.38 bits per heavy atom. The minimum atomic E-state index is -0.144. The molecule has 1 atom stereocenters. The monoisotopic (exact) mass is 324 g/mol. The van der Waals surface area contributed by atoms with Crippen molar-refractivity contribution in [3.05, 3.63) is 47.8 Å². The number of amides is 1. The molecule has 7 heteroatoms. The maximum absolute atomic E-state index is 12.5. The summed E-state index contributed by atoms with van der Waals surface area (Å²) in [6.45, 7) is 1.06. The number of benzene rings is 1. The Labute approximate surface area is 139 Å². The number of hydrogen-bond acceptors (Lipinski definition) is 6. The molecule has 3 rings (SSSR count). The highest BCUT2D eigenvalue weighted by Crippen LogP contribution is 2.20. The Hall–Kier alpha value is -3.14. The molecule has 1 aliphatic heterocycles. The van der Waals surface area contributed by atoms with E-state index >= 15 is 0 Å². The summed E-state index contributed by atoms with van der Waals surface area (Å²) in [5.41, 5.74) is 0.982. The molecule has 1 fully saturated rings. The first-order valence-electron chi connectivity index (χ1n) is 7.51. The van der Waals surface area contributed by atoms with Gasteiger partial charge in [0.1, 0.15) is 6.10 Å².